The maximum Gasteiger partial charge on any atom is 0.191 e. The quantitative estimate of drug-likeness (QED) is 0.654. The molecule has 0 saturated heterocycles. The van der Waals surface area contributed by atoms with E-state index in [1.54, 1.807) is 23.1 Å². The summed E-state index contributed by atoms with van der Waals surface area (Å²) in [7, 11) is 0. The van der Waals surface area contributed by atoms with Crippen LogP contribution in [0.25, 0.3) is 10.2 Å². The number of hydrogen-bond donors (Lipinski definition) is 1. The fourth-order valence-electron chi connectivity index (χ4n) is 2.65. The Morgan fingerprint density at radius 3 is 3.10 bits per heavy atom. The number of halogens is 1. The number of nitrogens with two attached hydrogens (primary N) is 1. The van der Waals surface area contributed by atoms with Gasteiger partial charge in [-0.3, -0.25) is 0 Å². The van der Waals surface area contributed by atoms with E-state index in [-0.39, 0.29) is 0 Å². The van der Waals surface area contributed by atoms with Crippen molar-refractivity contribution >= 4 is 50.7 Å². The smallest absolute Gasteiger partial charge is 0.191 e. The highest BCUT2D eigenvalue weighted by molar-refractivity contribution is 7.99. The van der Waals surface area contributed by atoms with Gasteiger partial charge in [0.05, 0.1) is 5.39 Å². The summed E-state index contributed by atoms with van der Waals surface area (Å²) >= 11 is 9.19. The molecule has 2 aromatic heterocycles. The number of allylic oxidation sites excluding steroid dienone is 1. The number of nitrogens with zero attached hydrogens (tertiary/aromatic N) is 2. The second-order valence-corrected chi connectivity index (χ2v) is 8.19. The molecule has 3 rings (SSSR count). The van der Waals surface area contributed by atoms with Gasteiger partial charge in [-0.05, 0) is 37.7 Å². The minimum absolute atomic E-state index is 0.626. The Labute approximate surface area is 138 Å². The molecule has 112 valence electrons. The van der Waals surface area contributed by atoms with Crippen molar-refractivity contribution in [2.24, 2.45) is 5.92 Å². The summed E-state index contributed by atoms with van der Waals surface area (Å²) in [5, 5.41) is 2.62. The van der Waals surface area contributed by atoms with Crippen LogP contribution in [0.3, 0.4) is 0 Å². The Morgan fingerprint density at radius 2 is 2.33 bits per heavy atom. The lowest BCUT2D eigenvalue weighted by Crippen LogP contribution is -2.09. The van der Waals surface area contributed by atoms with E-state index in [1.165, 1.54) is 16.9 Å². The summed E-state index contributed by atoms with van der Waals surface area (Å²) < 4.78 is 0. The topological polar surface area (TPSA) is 51.8 Å². The maximum atomic E-state index is 6.19. The van der Waals surface area contributed by atoms with Gasteiger partial charge in [0.25, 0.3) is 0 Å². The highest BCUT2D eigenvalue weighted by Gasteiger charge is 2.23. The first-order valence-electron chi connectivity index (χ1n) is 7.07. The molecular formula is C15H18ClN3S2. The molecule has 1 aliphatic carbocycles. The second kappa shape index (κ2) is 6.15. The minimum atomic E-state index is 0.626. The van der Waals surface area contributed by atoms with E-state index < -0.39 is 0 Å². The van der Waals surface area contributed by atoms with E-state index in [1.807, 2.05) is 13.0 Å². The van der Waals surface area contributed by atoms with Gasteiger partial charge in [-0.15, -0.1) is 11.3 Å². The molecule has 0 fully saturated rings. The highest BCUT2D eigenvalue weighted by Crippen LogP contribution is 2.39. The number of thiophene rings is 1. The predicted molar refractivity (Wildman–Crippen MR) is 93.4 cm³/mol. The van der Waals surface area contributed by atoms with Crippen LogP contribution in [0.1, 0.15) is 30.7 Å². The Bertz CT molecular complexity index is 704. The van der Waals surface area contributed by atoms with Crippen molar-refractivity contribution in [3.63, 3.8) is 0 Å². The minimum Gasteiger partial charge on any atom is -0.383 e. The number of aromatic nitrogens is 2. The molecule has 3 nitrogen and oxygen atoms in total. The van der Waals surface area contributed by atoms with Crippen LogP contribution < -0.4 is 5.73 Å². The molecule has 0 bridgehead atoms. The summed E-state index contributed by atoms with van der Waals surface area (Å²) in [6, 6.07) is 0. The number of fused-ring (bicyclic) bond motifs is 3. The molecule has 0 amide bonds. The number of thioether (sulfide) groups is 1. The number of anilines is 1. The summed E-state index contributed by atoms with van der Waals surface area (Å²) in [5.41, 5.74) is 7.58. The molecule has 0 saturated carbocycles. The van der Waals surface area contributed by atoms with Gasteiger partial charge in [0, 0.05) is 15.7 Å². The molecular weight excluding hydrogens is 322 g/mol. The van der Waals surface area contributed by atoms with Crippen molar-refractivity contribution in [3.8, 4) is 0 Å². The van der Waals surface area contributed by atoms with Crippen molar-refractivity contribution in [3.05, 3.63) is 21.5 Å². The van der Waals surface area contributed by atoms with Crippen molar-refractivity contribution in [1.29, 1.82) is 0 Å². The lowest BCUT2D eigenvalue weighted by molar-refractivity contribution is 0.509. The lowest BCUT2D eigenvalue weighted by Gasteiger charge is -2.17. The zero-order chi connectivity index (χ0) is 15.0. The van der Waals surface area contributed by atoms with E-state index in [9.17, 15) is 0 Å². The largest absolute Gasteiger partial charge is 0.383 e. The first-order chi connectivity index (χ1) is 10.0. The number of aryl methyl sites for hydroxylation is 1. The van der Waals surface area contributed by atoms with Gasteiger partial charge in [0.1, 0.15) is 10.6 Å². The Hall–Kier alpha value is -0.780. The van der Waals surface area contributed by atoms with Crippen LogP contribution in [0.5, 0.6) is 0 Å². The zero-order valence-corrected chi connectivity index (χ0v) is 14.5. The summed E-state index contributed by atoms with van der Waals surface area (Å²) in [6.07, 6.45) is 5.43. The number of rotatable bonds is 3. The normalized spacial score (nSPS) is 19.0. The summed E-state index contributed by atoms with van der Waals surface area (Å²) in [6.45, 7) is 4.18. The SMILES string of the molecule is C/C(Cl)=C\CSc1nc(N)c2c3c(sc2n1)C[C@@H](C)CC3. The van der Waals surface area contributed by atoms with Crippen LogP contribution in [0.15, 0.2) is 16.3 Å². The van der Waals surface area contributed by atoms with E-state index in [0.717, 1.165) is 44.9 Å². The maximum absolute atomic E-state index is 6.19. The molecule has 2 aromatic rings. The second-order valence-electron chi connectivity index (χ2n) is 5.53. The lowest BCUT2D eigenvalue weighted by atomic mass is 9.89. The van der Waals surface area contributed by atoms with E-state index in [0.29, 0.717) is 5.82 Å². The Kier molecular flexibility index (Phi) is 4.43. The predicted octanol–water partition coefficient (Wildman–Crippen LogP) is 4.63. The van der Waals surface area contributed by atoms with Gasteiger partial charge >= 0.3 is 0 Å². The standard InChI is InChI=1S/C15H18ClN3S2/c1-8-3-4-10-11(7-8)21-14-12(10)13(17)18-15(19-14)20-6-5-9(2)16/h5,8H,3-4,6-7H2,1-2H3,(H2,17,18,19)/b9-5+/t8-/m0/s1. The van der Waals surface area contributed by atoms with Gasteiger partial charge in [0.15, 0.2) is 5.16 Å². The molecule has 0 spiro atoms. The van der Waals surface area contributed by atoms with Crippen molar-refractivity contribution in [1.82, 2.24) is 9.97 Å². The average Bonchev–Trinajstić information content (AvgIpc) is 2.75. The molecule has 2 N–H and O–H groups in total. The molecule has 21 heavy (non-hydrogen) atoms. The van der Waals surface area contributed by atoms with Crippen molar-refractivity contribution < 1.29 is 0 Å². The zero-order valence-electron chi connectivity index (χ0n) is 12.1. The van der Waals surface area contributed by atoms with Crippen LogP contribution in [0, 0.1) is 5.92 Å². The van der Waals surface area contributed by atoms with Crippen molar-refractivity contribution in [2.75, 3.05) is 11.5 Å². The third-order valence-electron chi connectivity index (χ3n) is 3.74. The molecule has 6 heteroatoms. The average molecular weight is 340 g/mol. The van der Waals surface area contributed by atoms with Crippen LogP contribution in [-0.4, -0.2) is 15.7 Å². The third kappa shape index (κ3) is 3.20. The Morgan fingerprint density at radius 1 is 1.52 bits per heavy atom. The first kappa shape index (κ1) is 15.1. The Balaban J connectivity index is 1.95. The van der Waals surface area contributed by atoms with Crippen LogP contribution in [-0.2, 0) is 12.8 Å². The van der Waals surface area contributed by atoms with E-state index in [2.05, 4.69) is 16.9 Å². The molecule has 0 aromatic carbocycles. The van der Waals surface area contributed by atoms with Gasteiger partial charge in [-0.25, -0.2) is 9.97 Å². The third-order valence-corrected chi connectivity index (χ3v) is 5.82. The molecule has 1 atom stereocenters. The van der Waals surface area contributed by atoms with Gasteiger partial charge in [-0.1, -0.05) is 36.4 Å². The van der Waals surface area contributed by atoms with Gasteiger partial charge in [0.2, 0.25) is 0 Å². The molecule has 0 aliphatic heterocycles. The van der Waals surface area contributed by atoms with Crippen LogP contribution in [0.2, 0.25) is 0 Å². The van der Waals surface area contributed by atoms with E-state index >= 15 is 0 Å². The van der Waals surface area contributed by atoms with Gasteiger partial charge < -0.3 is 5.73 Å². The van der Waals surface area contributed by atoms with Crippen LogP contribution in [0.4, 0.5) is 5.82 Å². The number of nitrogen functional groups attached to an aromatic ring is 1. The molecule has 0 unspecified atom stereocenters. The molecule has 0 radical (unpaired) electrons. The fourth-order valence-corrected chi connectivity index (χ4v) is 5.06. The fraction of sp³-hybridized carbons (Fsp3) is 0.467. The van der Waals surface area contributed by atoms with E-state index in [4.69, 9.17) is 17.3 Å². The molecule has 1 aliphatic rings. The highest BCUT2D eigenvalue weighted by atomic mass is 35.5. The van der Waals surface area contributed by atoms with Crippen molar-refractivity contribution in [2.45, 2.75) is 38.3 Å². The number of hydrogen-bond acceptors (Lipinski definition) is 5. The summed E-state index contributed by atoms with van der Waals surface area (Å²) in [4.78, 5) is 11.6. The molecule has 2 heterocycles. The first-order valence-corrected chi connectivity index (χ1v) is 9.25. The van der Waals surface area contributed by atoms with Gasteiger partial charge in [-0.2, -0.15) is 0 Å². The monoisotopic (exact) mass is 339 g/mol. The van der Waals surface area contributed by atoms with Crippen LogP contribution >= 0.6 is 34.7 Å². The summed E-state index contributed by atoms with van der Waals surface area (Å²) in [5.74, 6) is 2.15.